The van der Waals surface area contributed by atoms with Gasteiger partial charge in [-0.3, -0.25) is 0 Å². The summed E-state index contributed by atoms with van der Waals surface area (Å²) in [6.07, 6.45) is 5.20. The molecule has 1 aromatic carbocycles. The molecule has 1 fully saturated rings. The van der Waals surface area contributed by atoms with Crippen molar-refractivity contribution >= 4 is 11.8 Å². The molecule has 2 aliphatic rings. The fourth-order valence-corrected chi connectivity index (χ4v) is 4.61. The van der Waals surface area contributed by atoms with Crippen LogP contribution in [-0.2, 0) is 6.42 Å². The van der Waals surface area contributed by atoms with Gasteiger partial charge in [0.1, 0.15) is 0 Å². The number of aryl methyl sites for hydroxylation is 1. The molecule has 20 heavy (non-hydrogen) atoms. The van der Waals surface area contributed by atoms with Crippen LogP contribution in [0.3, 0.4) is 0 Å². The topological polar surface area (TPSA) is 24.1 Å². The van der Waals surface area contributed by atoms with Crippen molar-refractivity contribution in [2.45, 2.75) is 49.5 Å². The number of hydrogen-bond acceptors (Lipinski definition) is 3. The molecule has 1 saturated heterocycles. The van der Waals surface area contributed by atoms with Crippen LogP contribution in [0.15, 0.2) is 23.1 Å². The molecular formula is C17H26N2S. The zero-order valence-electron chi connectivity index (χ0n) is 12.5. The Labute approximate surface area is 127 Å². The lowest BCUT2D eigenvalue weighted by atomic mass is 9.78. The molecule has 0 spiro atoms. The summed E-state index contributed by atoms with van der Waals surface area (Å²) in [4.78, 5) is 1.53. The quantitative estimate of drug-likeness (QED) is 0.836. The predicted molar refractivity (Wildman–Crippen MR) is 87.8 cm³/mol. The summed E-state index contributed by atoms with van der Waals surface area (Å²) in [6, 6.07) is 7.54. The Bertz CT molecular complexity index is 439. The molecule has 1 aliphatic carbocycles. The summed E-state index contributed by atoms with van der Waals surface area (Å²) in [5.41, 5.74) is 3.26. The first kappa shape index (κ1) is 14.4. The third-order valence-corrected chi connectivity index (χ3v) is 5.53. The first-order valence-electron chi connectivity index (χ1n) is 8.09. The van der Waals surface area contributed by atoms with Gasteiger partial charge in [0.05, 0.1) is 0 Å². The molecule has 2 unspecified atom stereocenters. The third-order valence-electron chi connectivity index (χ3n) is 4.58. The fraction of sp³-hybridized carbons (Fsp3) is 0.647. The molecule has 0 saturated carbocycles. The van der Waals surface area contributed by atoms with Gasteiger partial charge in [-0.25, -0.2) is 0 Å². The minimum absolute atomic E-state index is 0.607. The van der Waals surface area contributed by atoms with Crippen LogP contribution in [0.1, 0.15) is 43.2 Å². The van der Waals surface area contributed by atoms with E-state index in [1.807, 2.05) is 11.8 Å². The number of fused-ring (bicyclic) bond motifs is 1. The van der Waals surface area contributed by atoms with Gasteiger partial charge in [-0.05, 0) is 61.7 Å². The highest BCUT2D eigenvalue weighted by atomic mass is 32.2. The van der Waals surface area contributed by atoms with E-state index in [2.05, 4.69) is 35.8 Å². The Morgan fingerprint density at radius 3 is 3.10 bits per heavy atom. The van der Waals surface area contributed by atoms with Gasteiger partial charge in [-0.1, -0.05) is 19.1 Å². The number of rotatable bonds is 3. The van der Waals surface area contributed by atoms with Gasteiger partial charge >= 0.3 is 0 Å². The van der Waals surface area contributed by atoms with E-state index in [0.29, 0.717) is 12.0 Å². The second-order valence-corrected chi connectivity index (χ2v) is 7.18. The average molecular weight is 290 g/mol. The molecule has 0 bridgehead atoms. The summed E-state index contributed by atoms with van der Waals surface area (Å²) in [5.74, 6) is 1.86. The molecule has 3 rings (SSSR count). The first-order chi connectivity index (χ1) is 9.90. The van der Waals surface area contributed by atoms with Crippen molar-refractivity contribution in [3.8, 4) is 0 Å². The Balaban J connectivity index is 1.90. The van der Waals surface area contributed by atoms with Gasteiger partial charge in [-0.15, -0.1) is 11.8 Å². The molecule has 2 N–H and O–H groups in total. The average Bonchev–Trinajstić information content (AvgIpc) is 2.76. The van der Waals surface area contributed by atoms with Crippen LogP contribution < -0.4 is 10.6 Å². The number of nitrogens with one attached hydrogen (secondary N) is 2. The SMILES string of the molecule is CCSc1cccc2c1C(C1CNCCCN1)CCC2. The van der Waals surface area contributed by atoms with E-state index in [9.17, 15) is 0 Å². The summed E-state index contributed by atoms with van der Waals surface area (Å²) in [7, 11) is 0. The van der Waals surface area contributed by atoms with Gasteiger partial charge in [0.2, 0.25) is 0 Å². The summed E-state index contributed by atoms with van der Waals surface area (Å²) in [5, 5.41) is 7.40. The number of benzene rings is 1. The minimum Gasteiger partial charge on any atom is -0.315 e. The lowest BCUT2D eigenvalue weighted by molar-refractivity contribution is 0.395. The molecule has 0 amide bonds. The number of thioether (sulfide) groups is 1. The van der Waals surface area contributed by atoms with E-state index in [1.165, 1.54) is 36.3 Å². The summed E-state index contributed by atoms with van der Waals surface area (Å²) >= 11 is 2.01. The second-order valence-electron chi connectivity index (χ2n) is 5.88. The van der Waals surface area contributed by atoms with E-state index >= 15 is 0 Å². The third kappa shape index (κ3) is 3.05. The van der Waals surface area contributed by atoms with Crippen molar-refractivity contribution in [3.05, 3.63) is 29.3 Å². The standard InChI is InChI=1S/C17H26N2S/c1-2-20-16-9-4-7-13-6-3-8-14(17(13)16)15-12-18-10-5-11-19-15/h4,7,9,14-15,18-19H,2-3,5-6,8,10-12H2,1H3. The molecule has 2 nitrogen and oxygen atoms in total. The van der Waals surface area contributed by atoms with Gasteiger partial charge in [0, 0.05) is 23.4 Å². The van der Waals surface area contributed by atoms with Gasteiger partial charge in [0.25, 0.3) is 0 Å². The highest BCUT2D eigenvalue weighted by molar-refractivity contribution is 7.99. The highest BCUT2D eigenvalue weighted by Gasteiger charge is 2.30. The summed E-state index contributed by atoms with van der Waals surface area (Å²) < 4.78 is 0. The van der Waals surface area contributed by atoms with Gasteiger partial charge < -0.3 is 10.6 Å². The van der Waals surface area contributed by atoms with E-state index in [-0.39, 0.29) is 0 Å². The number of hydrogen-bond donors (Lipinski definition) is 2. The van der Waals surface area contributed by atoms with Crippen molar-refractivity contribution < 1.29 is 0 Å². The van der Waals surface area contributed by atoms with Crippen LogP contribution in [0, 0.1) is 0 Å². The van der Waals surface area contributed by atoms with Crippen LogP contribution >= 0.6 is 11.8 Å². The Morgan fingerprint density at radius 2 is 2.20 bits per heavy atom. The molecule has 1 heterocycles. The molecule has 0 radical (unpaired) electrons. The van der Waals surface area contributed by atoms with Gasteiger partial charge in [0.15, 0.2) is 0 Å². The molecule has 3 heteroatoms. The van der Waals surface area contributed by atoms with Crippen LogP contribution in [-0.4, -0.2) is 31.4 Å². The van der Waals surface area contributed by atoms with E-state index in [4.69, 9.17) is 0 Å². The van der Waals surface area contributed by atoms with Crippen LogP contribution in [0.25, 0.3) is 0 Å². The largest absolute Gasteiger partial charge is 0.315 e. The zero-order valence-corrected chi connectivity index (χ0v) is 13.3. The van der Waals surface area contributed by atoms with Crippen molar-refractivity contribution in [3.63, 3.8) is 0 Å². The van der Waals surface area contributed by atoms with E-state index in [0.717, 1.165) is 19.6 Å². The maximum Gasteiger partial charge on any atom is 0.0261 e. The lowest BCUT2D eigenvalue weighted by Gasteiger charge is -2.34. The van der Waals surface area contributed by atoms with E-state index < -0.39 is 0 Å². The van der Waals surface area contributed by atoms with Crippen molar-refractivity contribution in [2.75, 3.05) is 25.4 Å². The predicted octanol–water partition coefficient (Wildman–Crippen LogP) is 3.17. The monoisotopic (exact) mass is 290 g/mol. The zero-order chi connectivity index (χ0) is 13.8. The molecule has 0 aromatic heterocycles. The second kappa shape index (κ2) is 6.97. The Morgan fingerprint density at radius 1 is 1.25 bits per heavy atom. The maximum absolute atomic E-state index is 3.79. The first-order valence-corrected chi connectivity index (χ1v) is 9.07. The van der Waals surface area contributed by atoms with Gasteiger partial charge in [-0.2, -0.15) is 0 Å². The van der Waals surface area contributed by atoms with Crippen LogP contribution in [0.2, 0.25) is 0 Å². The molecule has 1 aromatic rings. The maximum atomic E-state index is 3.79. The normalized spacial score (nSPS) is 26.9. The highest BCUT2D eigenvalue weighted by Crippen LogP contribution is 2.40. The molecular weight excluding hydrogens is 264 g/mol. The van der Waals surface area contributed by atoms with Crippen LogP contribution in [0.5, 0.6) is 0 Å². The Kier molecular flexibility index (Phi) is 5.03. The van der Waals surface area contributed by atoms with Crippen molar-refractivity contribution in [1.82, 2.24) is 10.6 Å². The molecule has 1 aliphatic heterocycles. The van der Waals surface area contributed by atoms with Crippen molar-refractivity contribution in [2.24, 2.45) is 0 Å². The Hall–Kier alpha value is -0.510. The van der Waals surface area contributed by atoms with E-state index in [1.54, 1.807) is 11.1 Å². The van der Waals surface area contributed by atoms with Crippen LogP contribution in [0.4, 0.5) is 0 Å². The minimum atomic E-state index is 0.607. The summed E-state index contributed by atoms with van der Waals surface area (Å²) in [6.45, 7) is 5.70. The lowest BCUT2D eigenvalue weighted by Crippen LogP contribution is -2.41. The fourth-order valence-electron chi connectivity index (χ4n) is 3.68. The van der Waals surface area contributed by atoms with Crippen molar-refractivity contribution in [1.29, 1.82) is 0 Å². The molecule has 110 valence electrons. The smallest absolute Gasteiger partial charge is 0.0261 e. The molecule has 2 atom stereocenters.